The molecule has 0 bridgehead atoms. The van der Waals surface area contributed by atoms with E-state index in [-0.39, 0.29) is 30.2 Å². The summed E-state index contributed by atoms with van der Waals surface area (Å²) >= 11 is 3.40. The van der Waals surface area contributed by atoms with Gasteiger partial charge in [-0.1, -0.05) is 30.3 Å². The van der Waals surface area contributed by atoms with Gasteiger partial charge in [-0.25, -0.2) is 18.5 Å². The summed E-state index contributed by atoms with van der Waals surface area (Å²) in [7, 11) is 0. The lowest BCUT2D eigenvalue weighted by atomic mass is 10.1. The summed E-state index contributed by atoms with van der Waals surface area (Å²) < 4.78 is 40.2. The number of anilines is 1. The van der Waals surface area contributed by atoms with Crippen molar-refractivity contribution < 1.29 is 32.6 Å². The van der Waals surface area contributed by atoms with E-state index in [9.17, 15) is 23.2 Å². The van der Waals surface area contributed by atoms with Crippen LogP contribution in [0.1, 0.15) is 18.1 Å². The van der Waals surface area contributed by atoms with Gasteiger partial charge in [0.2, 0.25) is 0 Å². The molecule has 0 unspecified atom stereocenters. The minimum Gasteiger partial charge on any atom is -0.490 e. The summed E-state index contributed by atoms with van der Waals surface area (Å²) in [5.41, 5.74) is 0.0454. The first-order valence-corrected chi connectivity index (χ1v) is 11.6. The quantitative estimate of drug-likeness (QED) is 0.312. The van der Waals surface area contributed by atoms with Crippen molar-refractivity contribution in [3.63, 3.8) is 0 Å². The highest BCUT2D eigenvalue weighted by Gasteiger charge is 2.38. The molecule has 0 atom stereocenters. The Bertz CT molecular complexity index is 1390. The second-order valence-corrected chi connectivity index (χ2v) is 8.41. The number of ether oxygens (including phenoxy) is 2. The Morgan fingerprint density at radius 2 is 1.67 bits per heavy atom. The molecule has 0 saturated carbocycles. The molecular weight excluding hydrogens is 538 g/mol. The molecule has 3 aromatic carbocycles. The van der Waals surface area contributed by atoms with Gasteiger partial charge in [0.15, 0.2) is 11.5 Å². The van der Waals surface area contributed by atoms with Crippen molar-refractivity contribution in [2.75, 3.05) is 11.5 Å². The normalized spacial score (nSPS) is 14.7. The van der Waals surface area contributed by atoms with Crippen LogP contribution in [-0.2, 0) is 16.2 Å². The average molecular weight is 557 g/mol. The van der Waals surface area contributed by atoms with Crippen molar-refractivity contribution in [3.8, 4) is 11.5 Å². The first kappa shape index (κ1) is 25.1. The highest BCUT2D eigenvalue weighted by atomic mass is 79.9. The van der Waals surface area contributed by atoms with Gasteiger partial charge < -0.3 is 9.47 Å². The van der Waals surface area contributed by atoms with Crippen molar-refractivity contribution in [1.82, 2.24) is 5.32 Å². The molecular formula is C26H19BrF2N2O5. The molecule has 1 N–H and O–H groups in total. The third-order valence-corrected chi connectivity index (χ3v) is 5.76. The molecule has 3 aromatic rings. The summed E-state index contributed by atoms with van der Waals surface area (Å²) in [6.45, 7) is 1.97. The third kappa shape index (κ3) is 5.13. The van der Waals surface area contributed by atoms with Crippen LogP contribution in [0.4, 0.5) is 19.3 Å². The largest absolute Gasteiger partial charge is 0.490 e. The lowest BCUT2D eigenvalue weighted by Gasteiger charge is -2.26. The number of rotatable bonds is 7. The zero-order valence-corrected chi connectivity index (χ0v) is 20.5. The molecule has 0 aliphatic carbocycles. The minimum absolute atomic E-state index is 0.0631. The van der Waals surface area contributed by atoms with Gasteiger partial charge in [-0.05, 0) is 64.8 Å². The Morgan fingerprint density at radius 3 is 2.36 bits per heavy atom. The lowest BCUT2D eigenvalue weighted by molar-refractivity contribution is -0.122. The van der Waals surface area contributed by atoms with E-state index < -0.39 is 29.5 Å². The number of nitrogens with one attached hydrogen (secondary N) is 1. The number of urea groups is 1. The van der Waals surface area contributed by atoms with Gasteiger partial charge in [-0.3, -0.25) is 14.9 Å². The maximum atomic E-state index is 14.3. The van der Waals surface area contributed by atoms with E-state index in [1.807, 2.05) is 0 Å². The molecule has 1 aliphatic heterocycles. The molecule has 0 radical (unpaired) electrons. The standard InChI is InChI=1S/C26H19BrF2N2O5/c1-2-35-22-13-15(12-18(27)23(22)36-14-16-7-3-4-8-19(16)28)11-17-24(32)30-26(34)31(25(17)33)21-10-6-5-9-20(21)29/h3-13H,2,14H2,1H3,(H,30,32,34)/b17-11-. The number of benzene rings is 3. The summed E-state index contributed by atoms with van der Waals surface area (Å²) in [6.07, 6.45) is 1.26. The zero-order valence-electron chi connectivity index (χ0n) is 18.9. The fraction of sp³-hybridized carbons (Fsp3) is 0.115. The van der Waals surface area contributed by atoms with Crippen molar-refractivity contribution >= 4 is 45.5 Å². The Balaban J connectivity index is 1.68. The number of halogens is 3. The van der Waals surface area contributed by atoms with Gasteiger partial charge in [-0.15, -0.1) is 0 Å². The maximum absolute atomic E-state index is 14.3. The molecule has 7 nitrogen and oxygen atoms in total. The molecule has 10 heteroatoms. The number of amides is 4. The third-order valence-electron chi connectivity index (χ3n) is 5.17. The highest BCUT2D eigenvalue weighted by molar-refractivity contribution is 9.10. The molecule has 0 spiro atoms. The maximum Gasteiger partial charge on any atom is 0.336 e. The van der Waals surface area contributed by atoms with Gasteiger partial charge >= 0.3 is 6.03 Å². The lowest BCUT2D eigenvalue weighted by Crippen LogP contribution is -2.54. The van der Waals surface area contributed by atoms with Crippen LogP contribution in [0.2, 0.25) is 0 Å². The Kier molecular flexibility index (Phi) is 7.44. The fourth-order valence-electron chi connectivity index (χ4n) is 3.52. The molecule has 1 fully saturated rings. The Labute approximate surface area is 213 Å². The first-order valence-electron chi connectivity index (χ1n) is 10.8. The number of carbonyl (C=O) groups excluding carboxylic acids is 3. The zero-order chi connectivity index (χ0) is 25.8. The van der Waals surface area contributed by atoms with Crippen LogP contribution in [0.5, 0.6) is 11.5 Å². The topological polar surface area (TPSA) is 84.9 Å². The van der Waals surface area contributed by atoms with Crippen LogP contribution in [0.3, 0.4) is 0 Å². The molecule has 4 rings (SSSR count). The Morgan fingerprint density at radius 1 is 0.972 bits per heavy atom. The van der Waals surface area contributed by atoms with Gasteiger partial charge in [0.25, 0.3) is 11.8 Å². The van der Waals surface area contributed by atoms with E-state index in [0.29, 0.717) is 26.2 Å². The van der Waals surface area contributed by atoms with Crippen molar-refractivity contribution in [1.29, 1.82) is 0 Å². The molecule has 0 aromatic heterocycles. The number of hydrogen-bond donors (Lipinski definition) is 1. The van der Waals surface area contributed by atoms with Crippen molar-refractivity contribution in [3.05, 3.63) is 93.5 Å². The van der Waals surface area contributed by atoms with E-state index in [1.165, 1.54) is 36.4 Å². The van der Waals surface area contributed by atoms with Crippen LogP contribution < -0.4 is 19.7 Å². The number of carbonyl (C=O) groups is 3. The van der Waals surface area contributed by atoms with Gasteiger partial charge in [0.1, 0.15) is 23.8 Å². The first-order chi connectivity index (χ1) is 17.3. The van der Waals surface area contributed by atoms with E-state index in [1.54, 1.807) is 31.2 Å². The molecule has 1 heterocycles. The van der Waals surface area contributed by atoms with Crippen molar-refractivity contribution in [2.45, 2.75) is 13.5 Å². The summed E-state index contributed by atoms with van der Waals surface area (Å²) in [5, 5.41) is 2.05. The van der Waals surface area contributed by atoms with E-state index in [2.05, 4.69) is 21.2 Å². The Hall–Kier alpha value is -4.05. The molecule has 1 aliphatic rings. The van der Waals surface area contributed by atoms with Crippen LogP contribution >= 0.6 is 15.9 Å². The molecule has 1 saturated heterocycles. The smallest absolute Gasteiger partial charge is 0.336 e. The SMILES string of the molecule is CCOc1cc(/C=C2/C(=O)NC(=O)N(c3ccccc3F)C2=O)cc(Br)c1OCc1ccccc1F. The van der Waals surface area contributed by atoms with Crippen LogP contribution in [0, 0.1) is 11.6 Å². The predicted octanol–water partition coefficient (Wildman–Crippen LogP) is 5.37. The minimum atomic E-state index is -1.06. The molecule has 36 heavy (non-hydrogen) atoms. The van der Waals surface area contributed by atoms with Crippen molar-refractivity contribution in [2.24, 2.45) is 0 Å². The second kappa shape index (κ2) is 10.7. The summed E-state index contributed by atoms with van der Waals surface area (Å²) in [5.74, 6) is -2.55. The monoisotopic (exact) mass is 556 g/mol. The number of hydrogen-bond acceptors (Lipinski definition) is 5. The number of imide groups is 2. The van der Waals surface area contributed by atoms with Gasteiger partial charge in [0, 0.05) is 5.56 Å². The summed E-state index contributed by atoms with van der Waals surface area (Å²) in [4.78, 5) is 38.4. The summed E-state index contributed by atoms with van der Waals surface area (Å²) in [6, 6.07) is 13.5. The van der Waals surface area contributed by atoms with Crippen LogP contribution in [0.15, 0.2) is 70.7 Å². The highest BCUT2D eigenvalue weighted by Crippen LogP contribution is 2.38. The van der Waals surface area contributed by atoms with Gasteiger partial charge in [-0.2, -0.15) is 0 Å². The average Bonchev–Trinajstić information content (AvgIpc) is 2.83. The number of nitrogens with zero attached hydrogens (tertiary/aromatic N) is 1. The van der Waals surface area contributed by atoms with E-state index in [4.69, 9.17) is 9.47 Å². The van der Waals surface area contributed by atoms with Gasteiger partial charge in [0.05, 0.1) is 16.8 Å². The second-order valence-electron chi connectivity index (χ2n) is 7.55. The predicted molar refractivity (Wildman–Crippen MR) is 131 cm³/mol. The van der Waals surface area contributed by atoms with Crippen LogP contribution in [0.25, 0.3) is 6.08 Å². The number of para-hydroxylation sites is 1. The van der Waals surface area contributed by atoms with Crippen LogP contribution in [-0.4, -0.2) is 24.5 Å². The van der Waals surface area contributed by atoms with E-state index >= 15 is 0 Å². The van der Waals surface area contributed by atoms with E-state index in [0.717, 1.165) is 6.07 Å². The molecule has 184 valence electrons. The molecule has 4 amide bonds. The fourth-order valence-corrected chi connectivity index (χ4v) is 4.09. The number of barbiturate groups is 1.